The van der Waals surface area contributed by atoms with Crippen LogP contribution in [0.4, 0.5) is 10.1 Å². The second kappa shape index (κ2) is 8.45. The molecule has 1 aliphatic heterocycles. The maximum absolute atomic E-state index is 13.1. The van der Waals surface area contributed by atoms with Crippen molar-refractivity contribution in [1.29, 1.82) is 0 Å². The van der Waals surface area contributed by atoms with E-state index in [2.05, 4.69) is 10.3 Å². The Bertz CT molecular complexity index is 757. The van der Waals surface area contributed by atoms with E-state index in [0.717, 1.165) is 11.3 Å². The molecule has 1 amide bonds. The number of aliphatic hydroxyl groups excluding tert-OH is 2. The van der Waals surface area contributed by atoms with Crippen LogP contribution in [0, 0.1) is 11.2 Å². The zero-order valence-corrected chi connectivity index (χ0v) is 15.0. The molecule has 0 spiro atoms. The number of benzene rings is 1. The molecule has 144 valence electrons. The van der Waals surface area contributed by atoms with Crippen LogP contribution in [-0.4, -0.2) is 58.3 Å². The molecule has 0 aliphatic carbocycles. The Morgan fingerprint density at radius 1 is 1.33 bits per heavy atom. The second-order valence-electron chi connectivity index (χ2n) is 7.04. The molecule has 3 rings (SSSR count). The number of nitrogens with one attached hydrogen (secondary N) is 1. The summed E-state index contributed by atoms with van der Waals surface area (Å²) >= 11 is 0. The van der Waals surface area contributed by atoms with Gasteiger partial charge in [0, 0.05) is 30.9 Å². The van der Waals surface area contributed by atoms with Crippen molar-refractivity contribution in [2.75, 3.05) is 31.6 Å². The number of hydrogen-bond acceptors (Lipinski definition) is 5. The molecule has 1 fully saturated rings. The minimum absolute atomic E-state index is 0.109. The molecule has 1 aliphatic rings. The van der Waals surface area contributed by atoms with E-state index >= 15 is 0 Å². The van der Waals surface area contributed by atoms with E-state index in [9.17, 15) is 19.4 Å². The molecular formula is C20H24FN3O3. The van der Waals surface area contributed by atoms with Crippen LogP contribution in [0.25, 0.3) is 0 Å². The number of aliphatic hydroxyl groups is 2. The number of carbonyl (C=O) groups excluding carboxylic acids is 1. The lowest BCUT2D eigenvalue weighted by Crippen LogP contribution is -2.57. The number of anilines is 1. The van der Waals surface area contributed by atoms with Gasteiger partial charge in [-0.3, -0.25) is 9.78 Å². The lowest BCUT2D eigenvalue weighted by atomic mass is 9.73. The topological polar surface area (TPSA) is 85.7 Å². The van der Waals surface area contributed by atoms with Crippen molar-refractivity contribution in [3.05, 3.63) is 60.2 Å². The third-order valence-corrected chi connectivity index (χ3v) is 5.13. The second-order valence-corrected chi connectivity index (χ2v) is 7.04. The van der Waals surface area contributed by atoms with Crippen LogP contribution in [0.3, 0.4) is 0 Å². The number of likely N-dealkylation sites (tertiary alicyclic amines) is 1. The summed E-state index contributed by atoms with van der Waals surface area (Å²) in [6, 6.07) is 9.61. The first-order valence-electron chi connectivity index (χ1n) is 8.97. The van der Waals surface area contributed by atoms with E-state index in [0.29, 0.717) is 19.4 Å². The van der Waals surface area contributed by atoms with Crippen LogP contribution < -0.4 is 5.32 Å². The van der Waals surface area contributed by atoms with Crippen molar-refractivity contribution in [3.63, 3.8) is 0 Å². The van der Waals surface area contributed by atoms with Gasteiger partial charge in [0.2, 0.25) is 5.91 Å². The first kappa shape index (κ1) is 19.3. The van der Waals surface area contributed by atoms with Gasteiger partial charge in [-0.05, 0) is 42.7 Å². The van der Waals surface area contributed by atoms with Gasteiger partial charge >= 0.3 is 0 Å². The van der Waals surface area contributed by atoms with Gasteiger partial charge in [0.1, 0.15) is 5.82 Å². The van der Waals surface area contributed by atoms with Gasteiger partial charge in [0.25, 0.3) is 0 Å². The molecule has 1 aromatic heterocycles. The van der Waals surface area contributed by atoms with Crippen LogP contribution in [-0.2, 0) is 11.2 Å². The molecule has 0 bridgehead atoms. The SMILES string of the molecule is O=C(CNc1cccnc1)N1CC[C@H](O)[C@@](CO)(Cc2ccc(F)cc2)C1. The maximum atomic E-state index is 13.1. The number of pyridine rings is 1. The van der Waals surface area contributed by atoms with Crippen LogP contribution in [0.5, 0.6) is 0 Å². The van der Waals surface area contributed by atoms with Gasteiger partial charge in [0.15, 0.2) is 0 Å². The molecule has 27 heavy (non-hydrogen) atoms. The summed E-state index contributed by atoms with van der Waals surface area (Å²) in [5.41, 5.74) is 0.704. The Morgan fingerprint density at radius 3 is 2.78 bits per heavy atom. The van der Waals surface area contributed by atoms with E-state index < -0.39 is 11.5 Å². The van der Waals surface area contributed by atoms with E-state index in [1.54, 1.807) is 35.5 Å². The lowest BCUT2D eigenvalue weighted by molar-refractivity contribution is -0.140. The largest absolute Gasteiger partial charge is 0.396 e. The van der Waals surface area contributed by atoms with Gasteiger partial charge in [0.05, 0.1) is 24.9 Å². The Balaban J connectivity index is 1.67. The quantitative estimate of drug-likeness (QED) is 0.714. The Labute approximate surface area is 157 Å². The van der Waals surface area contributed by atoms with Crippen molar-refractivity contribution in [3.8, 4) is 0 Å². The number of piperidine rings is 1. The van der Waals surface area contributed by atoms with Crippen LogP contribution in [0.1, 0.15) is 12.0 Å². The Morgan fingerprint density at radius 2 is 2.11 bits per heavy atom. The fourth-order valence-electron chi connectivity index (χ4n) is 3.51. The Hall–Kier alpha value is -2.51. The smallest absolute Gasteiger partial charge is 0.241 e. The minimum atomic E-state index is -0.861. The average molecular weight is 373 g/mol. The maximum Gasteiger partial charge on any atom is 0.241 e. The molecule has 0 unspecified atom stereocenters. The first-order chi connectivity index (χ1) is 13.0. The van der Waals surface area contributed by atoms with Crippen molar-refractivity contribution >= 4 is 11.6 Å². The number of nitrogens with zero attached hydrogens (tertiary/aromatic N) is 2. The predicted molar refractivity (Wildman–Crippen MR) is 99.6 cm³/mol. The molecule has 0 saturated carbocycles. The highest BCUT2D eigenvalue weighted by Gasteiger charge is 2.43. The van der Waals surface area contributed by atoms with Crippen molar-refractivity contribution in [2.24, 2.45) is 5.41 Å². The third-order valence-electron chi connectivity index (χ3n) is 5.13. The lowest BCUT2D eigenvalue weighted by Gasteiger charge is -2.45. The van der Waals surface area contributed by atoms with E-state index in [4.69, 9.17) is 0 Å². The van der Waals surface area contributed by atoms with Gasteiger partial charge < -0.3 is 20.4 Å². The number of amides is 1. The fourth-order valence-corrected chi connectivity index (χ4v) is 3.51. The van der Waals surface area contributed by atoms with Crippen molar-refractivity contribution in [1.82, 2.24) is 9.88 Å². The summed E-state index contributed by atoms with van der Waals surface area (Å²) in [5, 5.41) is 23.6. The number of halogens is 1. The predicted octanol–water partition coefficient (Wildman–Crippen LogP) is 1.45. The number of hydrogen-bond donors (Lipinski definition) is 3. The number of rotatable bonds is 6. The number of aromatic nitrogens is 1. The summed E-state index contributed by atoms with van der Waals surface area (Å²) in [5.74, 6) is -0.443. The molecule has 6 nitrogen and oxygen atoms in total. The van der Waals surface area contributed by atoms with E-state index in [1.165, 1.54) is 12.1 Å². The molecule has 1 saturated heterocycles. The third kappa shape index (κ3) is 4.61. The zero-order chi connectivity index (χ0) is 19.3. The van der Waals surface area contributed by atoms with Crippen LogP contribution in [0.2, 0.25) is 0 Å². The zero-order valence-electron chi connectivity index (χ0n) is 15.0. The molecule has 2 heterocycles. The van der Waals surface area contributed by atoms with Gasteiger partial charge in [-0.15, -0.1) is 0 Å². The van der Waals surface area contributed by atoms with Gasteiger partial charge in [-0.2, -0.15) is 0 Å². The fraction of sp³-hybridized carbons (Fsp3) is 0.400. The molecule has 2 aromatic rings. The Kier molecular flexibility index (Phi) is 6.03. The summed E-state index contributed by atoms with van der Waals surface area (Å²) in [6.07, 6.45) is 3.32. The van der Waals surface area contributed by atoms with Gasteiger partial charge in [-0.1, -0.05) is 12.1 Å². The van der Waals surface area contributed by atoms with Crippen LogP contribution in [0.15, 0.2) is 48.8 Å². The van der Waals surface area contributed by atoms with Crippen LogP contribution >= 0.6 is 0 Å². The summed E-state index contributed by atoms with van der Waals surface area (Å²) < 4.78 is 13.1. The molecule has 2 atom stereocenters. The summed E-state index contributed by atoms with van der Waals surface area (Å²) in [4.78, 5) is 18.3. The average Bonchev–Trinajstić information content (AvgIpc) is 2.70. The van der Waals surface area contributed by atoms with E-state index in [1.807, 2.05) is 6.07 Å². The molecule has 7 heteroatoms. The summed E-state index contributed by atoms with van der Waals surface area (Å²) in [6.45, 7) is 0.528. The normalized spacial score (nSPS) is 22.5. The van der Waals surface area contributed by atoms with E-state index in [-0.39, 0.29) is 31.4 Å². The molecular weight excluding hydrogens is 349 g/mol. The highest BCUT2D eigenvalue weighted by molar-refractivity contribution is 5.81. The first-order valence-corrected chi connectivity index (χ1v) is 8.97. The highest BCUT2D eigenvalue weighted by atomic mass is 19.1. The summed E-state index contributed by atoms with van der Waals surface area (Å²) in [7, 11) is 0. The highest BCUT2D eigenvalue weighted by Crippen LogP contribution is 2.34. The van der Waals surface area contributed by atoms with Crippen molar-refractivity contribution in [2.45, 2.75) is 18.9 Å². The molecule has 3 N–H and O–H groups in total. The van der Waals surface area contributed by atoms with Crippen molar-refractivity contribution < 1.29 is 19.4 Å². The molecule has 0 radical (unpaired) electrons. The number of carbonyl (C=O) groups is 1. The van der Waals surface area contributed by atoms with Gasteiger partial charge in [-0.25, -0.2) is 4.39 Å². The standard InChI is InChI=1S/C20H24FN3O3/c21-16-5-3-15(4-6-16)10-20(14-25)13-24(9-7-18(20)26)19(27)12-23-17-2-1-8-22-11-17/h1-6,8,11,18,23,25-26H,7,9-10,12-14H2/t18-,20-/m0/s1. The minimum Gasteiger partial charge on any atom is -0.396 e. The monoisotopic (exact) mass is 373 g/mol. The molecule has 1 aromatic carbocycles.